The average Bonchev–Trinajstić information content (AvgIpc) is 2.19. The van der Waals surface area contributed by atoms with Crippen LogP contribution in [0.1, 0.15) is 0 Å². The van der Waals surface area contributed by atoms with Crippen LogP contribution in [0.4, 0.5) is 4.39 Å². The molecule has 2 nitrogen and oxygen atoms in total. The summed E-state index contributed by atoms with van der Waals surface area (Å²) in [7, 11) is 0. The zero-order valence-electron chi connectivity index (χ0n) is 6.74. The highest BCUT2D eigenvalue weighted by molar-refractivity contribution is 6.30. The van der Waals surface area contributed by atoms with Gasteiger partial charge in [0, 0.05) is 5.02 Å². The van der Waals surface area contributed by atoms with E-state index in [1.807, 2.05) is 30.3 Å². The molecule has 70 valence electrons. The van der Waals surface area contributed by atoms with Gasteiger partial charge in [0.1, 0.15) is 0 Å². The molecule has 0 amide bonds. The summed E-state index contributed by atoms with van der Waals surface area (Å²) in [5.41, 5.74) is 0. The van der Waals surface area contributed by atoms with E-state index in [1.165, 1.54) is 0 Å². The van der Waals surface area contributed by atoms with Crippen LogP contribution in [-0.2, 0) is 9.59 Å². The number of rotatable bonds is 2. The molecule has 0 aliphatic rings. The van der Waals surface area contributed by atoms with Gasteiger partial charge < -0.3 is 0 Å². The van der Waals surface area contributed by atoms with E-state index < -0.39 is 12.5 Å². The Morgan fingerprint density at radius 2 is 1.92 bits per heavy atom. The van der Waals surface area contributed by atoms with Crippen molar-refractivity contribution in [3.05, 3.63) is 35.4 Å². The van der Waals surface area contributed by atoms with Crippen LogP contribution in [0.2, 0.25) is 5.02 Å². The van der Waals surface area contributed by atoms with E-state index in [1.54, 1.807) is 0 Å². The van der Waals surface area contributed by atoms with Crippen molar-refractivity contribution in [1.82, 2.24) is 0 Å². The third kappa shape index (κ3) is 7.15. The Hall–Kier alpha value is -1.22. The Morgan fingerprint density at radius 1 is 1.38 bits per heavy atom. The first kappa shape index (κ1) is 11.8. The van der Waals surface area contributed by atoms with Crippen LogP contribution in [0.15, 0.2) is 30.3 Å². The van der Waals surface area contributed by atoms with Gasteiger partial charge in [0.15, 0.2) is 13.0 Å². The number of halogens is 2. The summed E-state index contributed by atoms with van der Waals surface area (Å²) in [6.07, 6.45) is -0.0417. The zero-order chi connectivity index (χ0) is 10.1. The molecule has 0 aromatic heterocycles. The maximum atomic E-state index is 10.8. The summed E-state index contributed by atoms with van der Waals surface area (Å²) >= 11 is 5.54. The lowest BCUT2D eigenvalue weighted by atomic mass is 10.4. The van der Waals surface area contributed by atoms with E-state index in [9.17, 15) is 9.18 Å². The molecule has 0 heterocycles. The first-order chi connectivity index (χ1) is 6.20. The van der Waals surface area contributed by atoms with Crippen LogP contribution in [0.5, 0.6) is 0 Å². The number of aldehydes is 1. The Morgan fingerprint density at radius 3 is 2.08 bits per heavy atom. The van der Waals surface area contributed by atoms with Gasteiger partial charge >= 0.3 is 0 Å². The molecule has 1 aromatic rings. The minimum atomic E-state index is -1.18. The molecule has 0 unspecified atom stereocenters. The fraction of sp³-hybridized carbons (Fsp3) is 0.111. The number of alkyl halides is 1. The number of carbonyl (C=O) groups is 2. The minimum Gasteiger partial charge on any atom is -0.294 e. The minimum absolute atomic E-state index is 0.0417. The van der Waals surface area contributed by atoms with Gasteiger partial charge in [-0.1, -0.05) is 29.8 Å². The average molecular weight is 203 g/mol. The predicted molar refractivity (Wildman–Crippen MR) is 48.5 cm³/mol. The first-order valence-electron chi connectivity index (χ1n) is 3.45. The molecule has 1 aromatic carbocycles. The van der Waals surface area contributed by atoms with Crippen molar-refractivity contribution in [2.75, 3.05) is 6.67 Å². The van der Waals surface area contributed by atoms with Gasteiger partial charge in [-0.05, 0) is 12.1 Å². The molecule has 0 atom stereocenters. The lowest BCUT2D eigenvalue weighted by Crippen LogP contribution is -1.98. The van der Waals surface area contributed by atoms with Crippen molar-refractivity contribution in [2.45, 2.75) is 0 Å². The maximum absolute atomic E-state index is 10.8. The number of hydrogen-bond donors (Lipinski definition) is 0. The zero-order valence-corrected chi connectivity index (χ0v) is 7.50. The molecule has 0 aliphatic carbocycles. The van der Waals surface area contributed by atoms with E-state index in [0.29, 0.717) is 0 Å². The summed E-state index contributed by atoms with van der Waals surface area (Å²) < 4.78 is 10.8. The largest absolute Gasteiger partial charge is 0.294 e. The lowest BCUT2D eigenvalue weighted by Gasteiger charge is -1.80. The van der Waals surface area contributed by atoms with Crippen LogP contribution in [0.25, 0.3) is 0 Å². The van der Waals surface area contributed by atoms with Gasteiger partial charge in [0.2, 0.25) is 5.78 Å². The number of carbonyl (C=O) groups excluding carboxylic acids is 2. The third-order valence-electron chi connectivity index (χ3n) is 0.996. The topological polar surface area (TPSA) is 34.1 Å². The summed E-state index contributed by atoms with van der Waals surface area (Å²) in [5, 5.41) is 0.794. The van der Waals surface area contributed by atoms with E-state index in [-0.39, 0.29) is 6.29 Å². The smallest absolute Gasteiger partial charge is 0.226 e. The molecule has 0 spiro atoms. The monoisotopic (exact) mass is 202 g/mol. The van der Waals surface area contributed by atoms with Crippen LogP contribution in [0, 0.1) is 0 Å². The van der Waals surface area contributed by atoms with Gasteiger partial charge in [-0.3, -0.25) is 9.59 Å². The van der Waals surface area contributed by atoms with Gasteiger partial charge in [0.05, 0.1) is 0 Å². The van der Waals surface area contributed by atoms with Crippen LogP contribution in [-0.4, -0.2) is 18.7 Å². The van der Waals surface area contributed by atoms with Crippen LogP contribution in [0.3, 0.4) is 0 Å². The molecule has 0 saturated carbocycles. The first-order valence-corrected chi connectivity index (χ1v) is 3.83. The van der Waals surface area contributed by atoms with Crippen molar-refractivity contribution in [1.29, 1.82) is 0 Å². The Labute approximate surface area is 80.3 Å². The number of ketones is 1. The summed E-state index contributed by atoms with van der Waals surface area (Å²) in [4.78, 5) is 18.6. The maximum Gasteiger partial charge on any atom is 0.226 e. The number of benzene rings is 1. The second-order valence-electron chi connectivity index (χ2n) is 2.01. The van der Waals surface area contributed by atoms with Gasteiger partial charge in [-0.2, -0.15) is 0 Å². The molecular weight excluding hydrogens is 195 g/mol. The molecule has 0 fully saturated rings. The third-order valence-corrected chi connectivity index (χ3v) is 1.25. The highest BCUT2D eigenvalue weighted by Crippen LogP contribution is 2.03. The molecule has 4 heteroatoms. The molecule has 0 bridgehead atoms. The standard InChI is InChI=1S/C6H5Cl.C3H3FO2/c7-6-4-2-1-3-5-6;4-1-3(6)2-5/h1-5H;2H,1H2. The van der Waals surface area contributed by atoms with Gasteiger partial charge in [0.25, 0.3) is 0 Å². The van der Waals surface area contributed by atoms with Crippen molar-refractivity contribution in [3.8, 4) is 0 Å². The summed E-state index contributed by atoms with van der Waals surface area (Å²) in [6, 6.07) is 9.44. The van der Waals surface area contributed by atoms with E-state index in [4.69, 9.17) is 16.4 Å². The van der Waals surface area contributed by atoms with Crippen molar-refractivity contribution in [2.24, 2.45) is 0 Å². The predicted octanol–water partition coefficient (Wildman–Crippen LogP) is 2.06. The second-order valence-corrected chi connectivity index (χ2v) is 2.45. The number of hydrogen-bond acceptors (Lipinski definition) is 2. The lowest BCUT2D eigenvalue weighted by molar-refractivity contribution is -0.130. The molecule has 1 rings (SSSR count). The molecule has 0 N–H and O–H groups in total. The second kappa shape index (κ2) is 7.43. The molecule has 0 saturated heterocycles. The Bertz CT molecular complexity index is 262. The van der Waals surface area contributed by atoms with E-state index in [2.05, 4.69) is 0 Å². The fourth-order valence-electron chi connectivity index (χ4n) is 0.446. The van der Waals surface area contributed by atoms with Crippen LogP contribution < -0.4 is 0 Å². The van der Waals surface area contributed by atoms with Crippen molar-refractivity contribution in [3.63, 3.8) is 0 Å². The number of Topliss-reactive ketones (excluding diaryl/α,β-unsaturated/α-hetero) is 1. The van der Waals surface area contributed by atoms with Crippen molar-refractivity contribution >= 4 is 23.7 Å². The molecule has 0 aliphatic heterocycles. The normalized spacial score (nSPS) is 8.15. The van der Waals surface area contributed by atoms with E-state index >= 15 is 0 Å². The summed E-state index contributed by atoms with van der Waals surface area (Å²) in [5.74, 6) is -1.00. The quantitative estimate of drug-likeness (QED) is 0.544. The van der Waals surface area contributed by atoms with Crippen LogP contribution >= 0.6 is 11.6 Å². The molecule has 0 radical (unpaired) electrons. The Kier molecular flexibility index (Phi) is 6.73. The molecular formula is C9H8ClFO2. The van der Waals surface area contributed by atoms with Crippen molar-refractivity contribution < 1.29 is 14.0 Å². The molecule has 13 heavy (non-hydrogen) atoms. The highest BCUT2D eigenvalue weighted by atomic mass is 35.5. The fourth-order valence-corrected chi connectivity index (χ4v) is 0.592. The summed E-state index contributed by atoms with van der Waals surface area (Å²) in [6.45, 7) is -1.18. The SMILES string of the molecule is Clc1ccccc1.O=CC(=O)CF. The van der Waals surface area contributed by atoms with E-state index in [0.717, 1.165) is 5.02 Å². The van der Waals surface area contributed by atoms with Gasteiger partial charge in [-0.15, -0.1) is 0 Å². The Balaban J connectivity index is 0.000000226. The highest BCUT2D eigenvalue weighted by Gasteiger charge is 1.91. The van der Waals surface area contributed by atoms with Gasteiger partial charge in [-0.25, -0.2) is 4.39 Å².